The van der Waals surface area contributed by atoms with Gasteiger partial charge in [0.25, 0.3) is 0 Å². The van der Waals surface area contributed by atoms with E-state index in [2.05, 4.69) is 54.4 Å². The molecule has 1 N–H and O–H groups in total. The van der Waals surface area contributed by atoms with Crippen molar-refractivity contribution in [2.45, 2.75) is 26.2 Å². The van der Waals surface area contributed by atoms with Gasteiger partial charge in [-0.1, -0.05) is 20.8 Å². The van der Waals surface area contributed by atoms with E-state index in [9.17, 15) is 0 Å². The molecule has 0 unspecified atom stereocenters. The summed E-state index contributed by atoms with van der Waals surface area (Å²) in [5.74, 6) is 0.917. The lowest BCUT2D eigenvalue weighted by Crippen LogP contribution is -2.20. The van der Waals surface area contributed by atoms with E-state index in [4.69, 9.17) is 0 Å². The Morgan fingerprint density at radius 2 is 2.00 bits per heavy atom. The third kappa shape index (κ3) is 4.13. The number of nitrogens with zero attached hydrogens (tertiary/aromatic N) is 3. The van der Waals surface area contributed by atoms with Crippen LogP contribution in [0, 0.1) is 0 Å². The van der Waals surface area contributed by atoms with Crippen molar-refractivity contribution in [3.05, 3.63) is 5.82 Å². The molecule has 0 aliphatic carbocycles. The molecule has 4 nitrogen and oxygen atoms in total. The molecular formula is C10H20N4S. The number of nitrogens with one attached hydrogen (secondary N) is 1. The van der Waals surface area contributed by atoms with Crippen molar-refractivity contribution in [3.8, 4) is 0 Å². The topological polar surface area (TPSA) is 41.0 Å². The Labute approximate surface area is 95.9 Å². The maximum Gasteiger partial charge on any atom is 0.202 e. The highest BCUT2D eigenvalue weighted by molar-refractivity contribution is 7.09. The Kier molecular flexibility index (Phi) is 4.04. The predicted molar refractivity (Wildman–Crippen MR) is 65.7 cm³/mol. The van der Waals surface area contributed by atoms with Gasteiger partial charge < -0.3 is 10.2 Å². The fraction of sp³-hybridized carbons (Fsp3) is 0.800. The Morgan fingerprint density at radius 3 is 2.47 bits per heavy atom. The van der Waals surface area contributed by atoms with Crippen LogP contribution in [0.3, 0.4) is 0 Å². The fourth-order valence-electron chi connectivity index (χ4n) is 0.986. The van der Waals surface area contributed by atoms with E-state index < -0.39 is 0 Å². The lowest BCUT2D eigenvalue weighted by Gasteiger charge is -2.12. The number of hydrogen-bond donors (Lipinski definition) is 1. The molecular weight excluding hydrogens is 208 g/mol. The summed E-state index contributed by atoms with van der Waals surface area (Å²) in [6.07, 6.45) is 0. The second-order valence-corrected chi connectivity index (χ2v) is 5.66. The van der Waals surface area contributed by atoms with Crippen LogP contribution in [0.25, 0.3) is 0 Å². The Balaban J connectivity index is 2.47. The first-order valence-corrected chi connectivity index (χ1v) is 5.90. The second kappa shape index (κ2) is 4.90. The van der Waals surface area contributed by atoms with Crippen molar-refractivity contribution in [1.29, 1.82) is 0 Å². The van der Waals surface area contributed by atoms with Crippen LogP contribution in [0.15, 0.2) is 0 Å². The number of hydrogen-bond acceptors (Lipinski definition) is 5. The summed E-state index contributed by atoms with van der Waals surface area (Å²) in [4.78, 5) is 6.59. The van der Waals surface area contributed by atoms with Crippen molar-refractivity contribution < 1.29 is 0 Å². The Bertz CT molecular complexity index is 301. The van der Waals surface area contributed by atoms with Crippen LogP contribution in [0.2, 0.25) is 0 Å². The fourth-order valence-corrected chi connectivity index (χ4v) is 1.77. The largest absolute Gasteiger partial charge is 0.359 e. The third-order valence-corrected chi connectivity index (χ3v) is 2.60. The molecule has 1 rings (SSSR count). The van der Waals surface area contributed by atoms with E-state index >= 15 is 0 Å². The summed E-state index contributed by atoms with van der Waals surface area (Å²) in [5.41, 5.74) is 0.0397. The van der Waals surface area contributed by atoms with E-state index in [1.54, 1.807) is 0 Å². The van der Waals surface area contributed by atoms with Gasteiger partial charge >= 0.3 is 0 Å². The summed E-state index contributed by atoms with van der Waals surface area (Å²) in [6, 6.07) is 0. The lowest BCUT2D eigenvalue weighted by atomic mass is 9.96. The van der Waals surface area contributed by atoms with Gasteiger partial charge in [0, 0.05) is 30.0 Å². The van der Waals surface area contributed by atoms with Crippen LogP contribution in [0.4, 0.5) is 5.13 Å². The van der Waals surface area contributed by atoms with Crippen molar-refractivity contribution in [2.24, 2.45) is 0 Å². The molecule has 0 aliphatic rings. The summed E-state index contributed by atoms with van der Waals surface area (Å²) < 4.78 is 4.34. The molecule has 86 valence electrons. The molecule has 1 heterocycles. The van der Waals surface area contributed by atoms with Crippen LogP contribution in [0.5, 0.6) is 0 Å². The van der Waals surface area contributed by atoms with E-state index in [1.807, 2.05) is 0 Å². The van der Waals surface area contributed by atoms with Crippen molar-refractivity contribution in [1.82, 2.24) is 14.3 Å². The highest BCUT2D eigenvalue weighted by atomic mass is 32.1. The van der Waals surface area contributed by atoms with Gasteiger partial charge in [-0.3, -0.25) is 0 Å². The van der Waals surface area contributed by atoms with E-state index in [0.717, 1.165) is 24.0 Å². The molecule has 0 atom stereocenters. The monoisotopic (exact) mass is 228 g/mol. The van der Waals surface area contributed by atoms with Gasteiger partial charge in [0.2, 0.25) is 5.13 Å². The normalized spacial score (nSPS) is 12.1. The quantitative estimate of drug-likeness (QED) is 0.853. The van der Waals surface area contributed by atoms with Gasteiger partial charge in [0.15, 0.2) is 0 Å². The van der Waals surface area contributed by atoms with E-state index in [-0.39, 0.29) is 5.41 Å². The van der Waals surface area contributed by atoms with Crippen LogP contribution in [0.1, 0.15) is 26.6 Å². The maximum atomic E-state index is 4.46. The highest BCUT2D eigenvalue weighted by Crippen LogP contribution is 2.22. The minimum atomic E-state index is 0.0397. The molecule has 5 heteroatoms. The summed E-state index contributed by atoms with van der Waals surface area (Å²) in [6.45, 7) is 8.28. The van der Waals surface area contributed by atoms with Crippen LogP contribution in [-0.2, 0) is 5.41 Å². The minimum absolute atomic E-state index is 0.0397. The van der Waals surface area contributed by atoms with Gasteiger partial charge in [0.1, 0.15) is 5.82 Å². The molecule has 0 bridgehead atoms. The maximum absolute atomic E-state index is 4.46. The zero-order chi connectivity index (χ0) is 11.5. The third-order valence-electron chi connectivity index (χ3n) is 1.93. The second-order valence-electron chi connectivity index (χ2n) is 4.90. The lowest BCUT2D eigenvalue weighted by molar-refractivity contribution is 0.425. The standard InChI is InChI=1S/C10H20N4S/c1-10(2,3)8-12-9(15-13-8)11-6-7-14(4)5/h6-7H2,1-5H3,(H,11,12,13). The molecule has 0 amide bonds. The van der Waals surface area contributed by atoms with Gasteiger partial charge in [-0.2, -0.15) is 4.37 Å². The first-order valence-electron chi connectivity index (χ1n) is 5.12. The predicted octanol–water partition coefficient (Wildman–Crippen LogP) is 1.81. The van der Waals surface area contributed by atoms with Gasteiger partial charge in [-0.05, 0) is 14.1 Å². The van der Waals surface area contributed by atoms with Crippen molar-refractivity contribution in [3.63, 3.8) is 0 Å². The number of likely N-dealkylation sites (N-methyl/N-ethyl adjacent to an activating group) is 1. The average molecular weight is 228 g/mol. The Hall–Kier alpha value is -0.680. The SMILES string of the molecule is CN(C)CCNc1nc(C(C)(C)C)ns1. The molecule has 1 aromatic heterocycles. The molecule has 0 saturated heterocycles. The number of rotatable bonds is 4. The van der Waals surface area contributed by atoms with Crippen LogP contribution in [-0.4, -0.2) is 41.4 Å². The first kappa shape index (κ1) is 12.4. The molecule has 0 fully saturated rings. The van der Waals surface area contributed by atoms with Crippen molar-refractivity contribution in [2.75, 3.05) is 32.5 Å². The number of anilines is 1. The van der Waals surface area contributed by atoms with Gasteiger partial charge in [-0.15, -0.1) is 0 Å². The van der Waals surface area contributed by atoms with E-state index in [0.29, 0.717) is 0 Å². The van der Waals surface area contributed by atoms with Crippen molar-refractivity contribution >= 4 is 16.7 Å². The number of aromatic nitrogens is 2. The first-order chi connectivity index (χ1) is 6.89. The van der Waals surface area contributed by atoms with Gasteiger partial charge in [0.05, 0.1) is 0 Å². The van der Waals surface area contributed by atoms with Crippen LogP contribution < -0.4 is 5.32 Å². The molecule has 15 heavy (non-hydrogen) atoms. The molecule has 1 aromatic rings. The van der Waals surface area contributed by atoms with E-state index in [1.165, 1.54) is 11.5 Å². The average Bonchev–Trinajstić information content (AvgIpc) is 2.51. The summed E-state index contributed by atoms with van der Waals surface area (Å²) >= 11 is 1.44. The zero-order valence-corrected chi connectivity index (χ0v) is 11.0. The molecule has 0 spiro atoms. The zero-order valence-electron chi connectivity index (χ0n) is 10.2. The molecule has 0 saturated carbocycles. The van der Waals surface area contributed by atoms with Gasteiger partial charge in [-0.25, -0.2) is 4.98 Å². The molecule has 0 aromatic carbocycles. The molecule has 0 aliphatic heterocycles. The minimum Gasteiger partial charge on any atom is -0.359 e. The Morgan fingerprint density at radius 1 is 1.33 bits per heavy atom. The summed E-state index contributed by atoms with van der Waals surface area (Å²) in [5, 5.41) is 4.19. The highest BCUT2D eigenvalue weighted by Gasteiger charge is 2.19. The van der Waals surface area contributed by atoms with Crippen LogP contribution >= 0.6 is 11.5 Å². The smallest absolute Gasteiger partial charge is 0.202 e. The summed E-state index contributed by atoms with van der Waals surface area (Å²) in [7, 11) is 4.12. The molecule has 0 radical (unpaired) electrons.